The third kappa shape index (κ3) is 7.68. The number of nitrogens with zero attached hydrogens (tertiary/aromatic N) is 3. The van der Waals surface area contributed by atoms with E-state index in [0.717, 1.165) is 23.4 Å². The SMILES string of the molecule is CCC(C)(C)c1ccc(OCC(=O)Nc2cccc(C(=O)N(C)C3=NN(c4c(Cl)cc(Cl)cc4Cl)C(=O)C3)c2)c(C(C)(C)CC)c1. The molecule has 0 aliphatic carbocycles. The van der Waals surface area contributed by atoms with E-state index >= 15 is 0 Å². The molecule has 0 unspecified atom stereocenters. The van der Waals surface area contributed by atoms with Crippen LogP contribution in [0.4, 0.5) is 11.4 Å². The summed E-state index contributed by atoms with van der Waals surface area (Å²) in [6.07, 6.45) is 1.76. The largest absolute Gasteiger partial charge is 0.483 e. The van der Waals surface area contributed by atoms with Crippen molar-refractivity contribution >= 4 is 69.7 Å². The number of hydrogen-bond acceptors (Lipinski definition) is 5. The van der Waals surface area contributed by atoms with Gasteiger partial charge in [0.15, 0.2) is 6.61 Å². The molecule has 0 saturated carbocycles. The molecule has 3 aromatic rings. The number of rotatable bonds is 10. The Hall–Kier alpha value is -3.59. The van der Waals surface area contributed by atoms with Crippen molar-refractivity contribution in [3.8, 4) is 5.75 Å². The third-order valence-corrected chi connectivity index (χ3v) is 9.45. The molecule has 1 aliphatic heterocycles. The predicted molar refractivity (Wildman–Crippen MR) is 187 cm³/mol. The Morgan fingerprint density at radius 3 is 2.24 bits per heavy atom. The minimum absolute atomic E-state index is 0.0163. The Balaban J connectivity index is 1.46. The summed E-state index contributed by atoms with van der Waals surface area (Å²) in [5, 5.41) is 8.83. The minimum atomic E-state index is -0.421. The first-order chi connectivity index (χ1) is 21.6. The van der Waals surface area contributed by atoms with Crippen LogP contribution in [-0.4, -0.2) is 42.1 Å². The van der Waals surface area contributed by atoms with Crippen molar-refractivity contribution in [3.63, 3.8) is 0 Å². The van der Waals surface area contributed by atoms with Gasteiger partial charge in [-0.05, 0) is 65.6 Å². The smallest absolute Gasteiger partial charge is 0.262 e. The van der Waals surface area contributed by atoms with Crippen LogP contribution in [0.2, 0.25) is 15.1 Å². The Kier molecular flexibility index (Phi) is 10.8. The van der Waals surface area contributed by atoms with E-state index < -0.39 is 11.8 Å². The van der Waals surface area contributed by atoms with Crippen LogP contribution < -0.4 is 15.1 Å². The summed E-state index contributed by atoms with van der Waals surface area (Å²) in [6.45, 7) is 12.9. The van der Waals surface area contributed by atoms with Crippen molar-refractivity contribution < 1.29 is 19.1 Å². The molecule has 8 nitrogen and oxygen atoms in total. The highest BCUT2D eigenvalue weighted by Crippen LogP contribution is 2.40. The first-order valence-corrected chi connectivity index (χ1v) is 16.2. The molecule has 46 heavy (non-hydrogen) atoms. The van der Waals surface area contributed by atoms with Gasteiger partial charge in [-0.25, -0.2) is 0 Å². The molecule has 0 saturated heterocycles. The quantitative estimate of drug-likeness (QED) is 0.231. The van der Waals surface area contributed by atoms with E-state index in [2.05, 4.69) is 64.1 Å². The number of hydrazone groups is 1. The number of carbonyl (C=O) groups excluding carboxylic acids is 3. The van der Waals surface area contributed by atoms with E-state index in [4.69, 9.17) is 39.5 Å². The Labute approximate surface area is 285 Å². The van der Waals surface area contributed by atoms with E-state index in [1.807, 2.05) is 6.07 Å². The molecule has 0 fully saturated rings. The zero-order valence-corrected chi connectivity index (χ0v) is 29.4. The normalized spacial score (nSPS) is 13.5. The molecule has 3 amide bonds. The standard InChI is InChI=1S/C35H39Cl3N4O4/c1-8-34(3,4)22-13-14-28(25(16-22)35(5,6)9-2)46-20-30(43)39-24-12-10-11-21(15-24)33(45)41(7)29-19-31(44)42(40-29)32-26(37)17-23(36)18-27(32)38/h10-18H,8-9,19-20H2,1-7H3,(H,39,43). The molecular formula is C35H39Cl3N4O4. The van der Waals surface area contributed by atoms with Gasteiger partial charge in [0.05, 0.1) is 16.5 Å². The molecule has 244 valence electrons. The van der Waals surface area contributed by atoms with Crippen LogP contribution in [0.25, 0.3) is 0 Å². The fourth-order valence-electron chi connectivity index (χ4n) is 4.90. The van der Waals surface area contributed by atoms with Gasteiger partial charge in [0.25, 0.3) is 17.7 Å². The lowest BCUT2D eigenvalue weighted by Crippen LogP contribution is -2.32. The van der Waals surface area contributed by atoms with Gasteiger partial charge in [-0.1, -0.05) is 94.5 Å². The molecule has 0 bridgehead atoms. The van der Waals surface area contributed by atoms with E-state index in [9.17, 15) is 14.4 Å². The van der Waals surface area contributed by atoms with Crippen molar-refractivity contribution in [3.05, 3.63) is 86.4 Å². The van der Waals surface area contributed by atoms with Crippen LogP contribution >= 0.6 is 34.8 Å². The number of anilines is 2. The zero-order chi connectivity index (χ0) is 34.0. The third-order valence-electron chi connectivity index (χ3n) is 8.66. The van der Waals surface area contributed by atoms with Gasteiger partial charge < -0.3 is 10.1 Å². The average Bonchev–Trinajstić information content (AvgIpc) is 3.39. The van der Waals surface area contributed by atoms with Crippen molar-refractivity contribution in [1.82, 2.24) is 4.90 Å². The highest BCUT2D eigenvalue weighted by atomic mass is 35.5. The number of benzene rings is 3. The van der Waals surface area contributed by atoms with E-state index in [1.165, 1.54) is 29.6 Å². The summed E-state index contributed by atoms with van der Waals surface area (Å²) in [5.41, 5.74) is 3.06. The average molecular weight is 686 g/mol. The van der Waals surface area contributed by atoms with Crippen molar-refractivity contribution in [2.24, 2.45) is 5.10 Å². The second kappa shape index (κ2) is 14.0. The molecule has 4 rings (SSSR count). The summed E-state index contributed by atoms with van der Waals surface area (Å²) in [6, 6.07) is 15.7. The van der Waals surface area contributed by atoms with E-state index in [1.54, 1.807) is 24.3 Å². The summed E-state index contributed by atoms with van der Waals surface area (Å²) in [7, 11) is 1.52. The Morgan fingerprint density at radius 2 is 1.61 bits per heavy atom. The first-order valence-electron chi connectivity index (χ1n) is 15.1. The fraction of sp³-hybridized carbons (Fsp3) is 0.371. The number of hydrogen-bond donors (Lipinski definition) is 1. The van der Waals surface area contributed by atoms with Gasteiger partial charge in [0.2, 0.25) is 0 Å². The highest BCUT2D eigenvalue weighted by molar-refractivity contribution is 6.42. The Morgan fingerprint density at radius 1 is 0.957 bits per heavy atom. The second-order valence-electron chi connectivity index (χ2n) is 12.6. The first kappa shape index (κ1) is 35.3. The van der Waals surface area contributed by atoms with E-state index in [0.29, 0.717) is 22.0 Å². The number of amidine groups is 1. The van der Waals surface area contributed by atoms with E-state index in [-0.39, 0.29) is 51.3 Å². The molecule has 3 aromatic carbocycles. The van der Waals surface area contributed by atoms with Gasteiger partial charge in [-0.2, -0.15) is 10.1 Å². The summed E-state index contributed by atoms with van der Waals surface area (Å²) in [5.74, 6) is -0.315. The monoisotopic (exact) mass is 684 g/mol. The zero-order valence-electron chi connectivity index (χ0n) is 27.1. The molecule has 0 atom stereocenters. The van der Waals surface area contributed by atoms with Crippen LogP contribution in [0.15, 0.2) is 59.7 Å². The molecule has 0 radical (unpaired) electrons. The van der Waals surface area contributed by atoms with Gasteiger partial charge >= 0.3 is 0 Å². The lowest BCUT2D eigenvalue weighted by atomic mass is 9.76. The van der Waals surface area contributed by atoms with Crippen LogP contribution in [0.1, 0.15) is 82.3 Å². The molecule has 0 spiro atoms. The Bertz CT molecular complexity index is 1680. The van der Waals surface area contributed by atoms with Crippen molar-refractivity contribution in [1.29, 1.82) is 0 Å². The number of carbonyl (C=O) groups is 3. The number of ether oxygens (including phenoxy) is 1. The summed E-state index contributed by atoms with van der Waals surface area (Å²) in [4.78, 5) is 40.5. The van der Waals surface area contributed by atoms with Gasteiger partial charge in [-0.15, -0.1) is 0 Å². The predicted octanol–water partition coefficient (Wildman–Crippen LogP) is 8.86. The number of amides is 3. The lowest BCUT2D eigenvalue weighted by Gasteiger charge is -2.30. The van der Waals surface area contributed by atoms with Gasteiger partial charge in [0, 0.05) is 28.9 Å². The van der Waals surface area contributed by atoms with Crippen molar-refractivity contribution in [2.75, 3.05) is 24.0 Å². The number of nitrogens with one attached hydrogen (secondary N) is 1. The van der Waals surface area contributed by atoms with Gasteiger partial charge in [0.1, 0.15) is 17.3 Å². The summed E-state index contributed by atoms with van der Waals surface area (Å²) < 4.78 is 6.06. The maximum absolute atomic E-state index is 13.4. The summed E-state index contributed by atoms with van der Waals surface area (Å²) >= 11 is 18.6. The second-order valence-corrected chi connectivity index (χ2v) is 13.8. The maximum atomic E-state index is 13.4. The van der Waals surface area contributed by atoms with Crippen LogP contribution in [0.5, 0.6) is 5.75 Å². The fourth-order valence-corrected chi connectivity index (χ4v) is 5.87. The molecule has 1 heterocycles. The van der Waals surface area contributed by atoms with Crippen LogP contribution in [0.3, 0.4) is 0 Å². The molecule has 11 heteroatoms. The number of halogens is 3. The molecule has 0 aromatic heterocycles. The molecule has 1 N–H and O–H groups in total. The topological polar surface area (TPSA) is 91.3 Å². The van der Waals surface area contributed by atoms with Crippen LogP contribution in [0, 0.1) is 0 Å². The lowest BCUT2D eigenvalue weighted by molar-refractivity contribution is -0.118. The minimum Gasteiger partial charge on any atom is -0.483 e. The maximum Gasteiger partial charge on any atom is 0.262 e. The highest BCUT2D eigenvalue weighted by Gasteiger charge is 2.33. The van der Waals surface area contributed by atoms with Crippen LogP contribution in [-0.2, 0) is 20.4 Å². The van der Waals surface area contributed by atoms with Gasteiger partial charge in [-0.3, -0.25) is 19.3 Å². The molecular weight excluding hydrogens is 647 g/mol. The van der Waals surface area contributed by atoms with Crippen molar-refractivity contribution in [2.45, 2.75) is 71.6 Å². The molecule has 1 aliphatic rings.